The number of benzene rings is 1. The minimum atomic E-state index is -0.225. The highest BCUT2D eigenvalue weighted by molar-refractivity contribution is 5.56. The largest absolute Gasteiger partial charge is 0.314 e. The first-order valence-corrected chi connectivity index (χ1v) is 8.13. The summed E-state index contributed by atoms with van der Waals surface area (Å²) in [6, 6.07) is 6.48. The Hall–Kier alpha value is -1.91. The summed E-state index contributed by atoms with van der Waals surface area (Å²) in [6.07, 6.45) is 6.31. The van der Waals surface area contributed by atoms with E-state index < -0.39 is 0 Å². The van der Waals surface area contributed by atoms with Gasteiger partial charge in [-0.1, -0.05) is 19.3 Å². The quantitative estimate of drug-likeness (QED) is 0.846. The first kappa shape index (κ1) is 15.0. The van der Waals surface area contributed by atoms with Gasteiger partial charge < -0.3 is 4.90 Å². The van der Waals surface area contributed by atoms with Crippen LogP contribution in [0.15, 0.2) is 24.3 Å². The molecule has 0 bridgehead atoms. The fourth-order valence-corrected chi connectivity index (χ4v) is 3.30. The molecule has 3 rings (SSSR count). The van der Waals surface area contributed by atoms with E-state index in [0.717, 1.165) is 24.0 Å². The molecule has 0 saturated heterocycles. The number of anilines is 2. The van der Waals surface area contributed by atoms with Gasteiger partial charge in [0.2, 0.25) is 5.95 Å². The monoisotopic (exact) mass is 302 g/mol. The predicted molar refractivity (Wildman–Crippen MR) is 86.0 cm³/mol. The summed E-state index contributed by atoms with van der Waals surface area (Å²) in [7, 11) is 1.95. The molecular formula is C17H23FN4. The normalized spacial score (nSPS) is 16.0. The van der Waals surface area contributed by atoms with E-state index >= 15 is 0 Å². The Bertz CT molecular complexity index is 614. The van der Waals surface area contributed by atoms with Crippen LogP contribution in [0.1, 0.15) is 50.8 Å². The van der Waals surface area contributed by atoms with Crippen LogP contribution in [0.4, 0.5) is 16.0 Å². The molecular weight excluding hydrogens is 279 g/mol. The van der Waals surface area contributed by atoms with Gasteiger partial charge in [-0.25, -0.2) is 4.39 Å². The van der Waals surface area contributed by atoms with Gasteiger partial charge in [-0.2, -0.15) is 0 Å². The molecule has 22 heavy (non-hydrogen) atoms. The number of aromatic nitrogens is 3. The van der Waals surface area contributed by atoms with Gasteiger partial charge in [0.1, 0.15) is 11.6 Å². The molecule has 0 unspecified atom stereocenters. The van der Waals surface area contributed by atoms with Crippen LogP contribution in [-0.2, 0) is 6.54 Å². The summed E-state index contributed by atoms with van der Waals surface area (Å²) in [5.41, 5.74) is 0.915. The minimum Gasteiger partial charge on any atom is -0.314 e. The van der Waals surface area contributed by atoms with Crippen molar-refractivity contribution in [2.24, 2.45) is 0 Å². The zero-order chi connectivity index (χ0) is 15.5. The van der Waals surface area contributed by atoms with Crippen molar-refractivity contribution in [3.63, 3.8) is 0 Å². The Balaban J connectivity index is 1.90. The summed E-state index contributed by atoms with van der Waals surface area (Å²) in [5, 5.41) is 8.88. The number of nitrogens with zero attached hydrogens (tertiary/aromatic N) is 4. The van der Waals surface area contributed by atoms with Crippen LogP contribution < -0.4 is 4.90 Å². The fourth-order valence-electron chi connectivity index (χ4n) is 3.30. The molecule has 1 saturated carbocycles. The topological polar surface area (TPSA) is 34.0 Å². The number of hydrogen-bond acceptors (Lipinski definition) is 3. The van der Waals surface area contributed by atoms with E-state index in [-0.39, 0.29) is 5.82 Å². The lowest BCUT2D eigenvalue weighted by Gasteiger charge is -2.23. The van der Waals surface area contributed by atoms with Crippen LogP contribution in [-0.4, -0.2) is 21.8 Å². The predicted octanol–water partition coefficient (Wildman–Crippen LogP) is 4.25. The van der Waals surface area contributed by atoms with Crippen molar-refractivity contribution in [3.05, 3.63) is 35.9 Å². The summed E-state index contributed by atoms with van der Waals surface area (Å²) in [5.74, 6) is 2.23. The lowest BCUT2D eigenvalue weighted by atomic mass is 9.88. The van der Waals surface area contributed by atoms with E-state index in [4.69, 9.17) is 0 Å². The zero-order valence-corrected chi connectivity index (χ0v) is 13.3. The molecule has 1 aromatic heterocycles. The second-order valence-corrected chi connectivity index (χ2v) is 5.97. The second kappa shape index (κ2) is 6.46. The van der Waals surface area contributed by atoms with E-state index in [1.165, 1.54) is 44.2 Å². The number of halogens is 1. The van der Waals surface area contributed by atoms with Crippen LogP contribution in [0.3, 0.4) is 0 Å². The lowest BCUT2D eigenvalue weighted by molar-refractivity contribution is 0.416. The number of rotatable bonds is 4. The molecule has 0 spiro atoms. The van der Waals surface area contributed by atoms with Gasteiger partial charge in [0, 0.05) is 25.2 Å². The molecule has 118 valence electrons. The summed E-state index contributed by atoms with van der Waals surface area (Å²) < 4.78 is 15.3. The van der Waals surface area contributed by atoms with Gasteiger partial charge in [-0.3, -0.25) is 4.57 Å². The molecule has 0 radical (unpaired) electrons. The summed E-state index contributed by atoms with van der Waals surface area (Å²) >= 11 is 0. The van der Waals surface area contributed by atoms with Gasteiger partial charge in [0.25, 0.3) is 0 Å². The van der Waals surface area contributed by atoms with Crippen molar-refractivity contribution in [2.45, 2.75) is 51.5 Å². The highest BCUT2D eigenvalue weighted by atomic mass is 19.1. The number of hydrogen-bond donors (Lipinski definition) is 0. The molecule has 2 aromatic rings. The maximum atomic E-state index is 13.1. The Morgan fingerprint density at radius 2 is 1.82 bits per heavy atom. The fraction of sp³-hybridized carbons (Fsp3) is 0.529. The van der Waals surface area contributed by atoms with Crippen LogP contribution in [0.2, 0.25) is 0 Å². The second-order valence-electron chi connectivity index (χ2n) is 5.97. The Morgan fingerprint density at radius 1 is 1.14 bits per heavy atom. The minimum absolute atomic E-state index is 0.225. The molecule has 1 heterocycles. The molecule has 1 aromatic carbocycles. The summed E-state index contributed by atoms with van der Waals surface area (Å²) in [6.45, 7) is 2.97. The molecule has 5 heteroatoms. The molecule has 0 aliphatic heterocycles. The van der Waals surface area contributed by atoms with Crippen LogP contribution >= 0.6 is 0 Å². The third-order valence-electron chi connectivity index (χ3n) is 4.56. The smallest absolute Gasteiger partial charge is 0.231 e. The van der Waals surface area contributed by atoms with E-state index in [0.29, 0.717) is 5.92 Å². The third kappa shape index (κ3) is 2.85. The molecule has 1 fully saturated rings. The average molecular weight is 302 g/mol. The SMILES string of the molecule is CCn1c(C2CCCCC2)nnc1N(C)c1ccc(F)cc1. The molecule has 1 aliphatic carbocycles. The molecule has 1 aliphatic rings. The van der Waals surface area contributed by atoms with Crippen LogP contribution in [0.5, 0.6) is 0 Å². The summed E-state index contributed by atoms with van der Waals surface area (Å²) in [4.78, 5) is 1.97. The van der Waals surface area contributed by atoms with Crippen LogP contribution in [0, 0.1) is 5.82 Å². The first-order valence-electron chi connectivity index (χ1n) is 8.13. The van der Waals surface area contributed by atoms with E-state index in [1.54, 1.807) is 12.1 Å². The lowest BCUT2D eigenvalue weighted by Crippen LogP contribution is -2.18. The van der Waals surface area contributed by atoms with Gasteiger partial charge in [0.15, 0.2) is 0 Å². The molecule has 4 nitrogen and oxygen atoms in total. The standard InChI is InChI=1S/C17H23FN4/c1-3-22-16(13-7-5-4-6-8-13)19-20-17(22)21(2)15-11-9-14(18)10-12-15/h9-13H,3-8H2,1-2H3. The Kier molecular flexibility index (Phi) is 4.41. The highest BCUT2D eigenvalue weighted by Gasteiger charge is 2.24. The van der Waals surface area contributed by atoms with Gasteiger partial charge in [0.05, 0.1) is 0 Å². The van der Waals surface area contributed by atoms with E-state index in [9.17, 15) is 4.39 Å². The van der Waals surface area contributed by atoms with Crippen molar-refractivity contribution >= 4 is 11.6 Å². The van der Waals surface area contributed by atoms with Gasteiger partial charge >= 0.3 is 0 Å². The van der Waals surface area contributed by atoms with Crippen molar-refractivity contribution in [2.75, 3.05) is 11.9 Å². The molecule has 0 amide bonds. The van der Waals surface area contributed by atoms with Crippen molar-refractivity contribution in [3.8, 4) is 0 Å². The third-order valence-corrected chi connectivity index (χ3v) is 4.56. The van der Waals surface area contributed by atoms with Gasteiger partial charge in [-0.05, 0) is 44.0 Å². The van der Waals surface area contributed by atoms with E-state index in [1.807, 2.05) is 11.9 Å². The molecule has 0 N–H and O–H groups in total. The average Bonchev–Trinajstić information content (AvgIpc) is 2.99. The van der Waals surface area contributed by atoms with Crippen LogP contribution in [0.25, 0.3) is 0 Å². The first-order chi connectivity index (χ1) is 10.7. The van der Waals surface area contributed by atoms with Crippen molar-refractivity contribution in [1.29, 1.82) is 0 Å². The molecule has 0 atom stereocenters. The van der Waals surface area contributed by atoms with Crippen molar-refractivity contribution < 1.29 is 4.39 Å². The van der Waals surface area contributed by atoms with Crippen molar-refractivity contribution in [1.82, 2.24) is 14.8 Å². The van der Waals surface area contributed by atoms with Gasteiger partial charge in [-0.15, -0.1) is 10.2 Å². The van der Waals surface area contributed by atoms with E-state index in [2.05, 4.69) is 21.7 Å². The maximum Gasteiger partial charge on any atom is 0.231 e. The Morgan fingerprint density at radius 3 is 2.45 bits per heavy atom. The highest BCUT2D eigenvalue weighted by Crippen LogP contribution is 2.33. The maximum absolute atomic E-state index is 13.1. The Labute approximate surface area is 131 Å². The zero-order valence-electron chi connectivity index (χ0n) is 13.3.